The van der Waals surface area contributed by atoms with E-state index < -0.39 is 5.41 Å². The van der Waals surface area contributed by atoms with Crippen LogP contribution in [-0.4, -0.2) is 66.5 Å². The predicted molar refractivity (Wildman–Crippen MR) is 97.1 cm³/mol. The van der Waals surface area contributed by atoms with E-state index in [0.717, 1.165) is 25.1 Å². The summed E-state index contributed by atoms with van der Waals surface area (Å²) in [5, 5.41) is 0. The Bertz CT molecular complexity index is 745. The van der Waals surface area contributed by atoms with Crippen molar-refractivity contribution in [3.05, 3.63) is 33.7 Å². The van der Waals surface area contributed by atoms with Gasteiger partial charge in [-0.2, -0.15) is 0 Å². The van der Waals surface area contributed by atoms with Gasteiger partial charge in [-0.1, -0.05) is 6.92 Å². The van der Waals surface area contributed by atoms with Gasteiger partial charge >= 0.3 is 0 Å². The molecule has 7 nitrogen and oxygen atoms in total. The molecule has 1 aromatic heterocycles. The first kappa shape index (κ1) is 18.6. The van der Waals surface area contributed by atoms with Crippen LogP contribution in [0.5, 0.6) is 0 Å². The molecule has 0 bridgehead atoms. The highest BCUT2D eigenvalue weighted by Crippen LogP contribution is 2.40. The van der Waals surface area contributed by atoms with Gasteiger partial charge in [-0.05, 0) is 31.7 Å². The fourth-order valence-corrected chi connectivity index (χ4v) is 4.09. The van der Waals surface area contributed by atoms with Gasteiger partial charge < -0.3 is 19.5 Å². The number of nitrogens with one attached hydrogen (secondary N) is 1. The number of hydrogen-bond acceptors (Lipinski definition) is 4. The summed E-state index contributed by atoms with van der Waals surface area (Å²) in [6.45, 7) is 4.79. The van der Waals surface area contributed by atoms with Gasteiger partial charge in [-0.3, -0.25) is 14.4 Å². The van der Waals surface area contributed by atoms with Crippen molar-refractivity contribution in [2.24, 2.45) is 5.41 Å². The lowest BCUT2D eigenvalue weighted by Crippen LogP contribution is -2.51. The van der Waals surface area contributed by atoms with Crippen LogP contribution in [0.3, 0.4) is 0 Å². The van der Waals surface area contributed by atoms with Crippen molar-refractivity contribution in [2.75, 3.05) is 39.9 Å². The lowest BCUT2D eigenvalue weighted by atomic mass is 9.78. The smallest absolute Gasteiger partial charge is 0.254 e. The van der Waals surface area contributed by atoms with Crippen molar-refractivity contribution in [3.8, 4) is 0 Å². The molecule has 3 heterocycles. The Morgan fingerprint density at radius 1 is 1.27 bits per heavy atom. The predicted octanol–water partition coefficient (Wildman–Crippen LogP) is 1.04. The summed E-state index contributed by atoms with van der Waals surface area (Å²) in [5.41, 5.74) is 0.411. The summed E-state index contributed by atoms with van der Waals surface area (Å²) >= 11 is 0. The second kappa shape index (κ2) is 7.61. The fraction of sp³-hybridized carbons (Fsp3) is 0.632. The summed E-state index contributed by atoms with van der Waals surface area (Å²) in [6.07, 6.45) is 3.11. The molecule has 1 aromatic rings. The largest absolute Gasteiger partial charge is 0.383 e. The van der Waals surface area contributed by atoms with Gasteiger partial charge in [0.15, 0.2) is 0 Å². The molecule has 0 unspecified atom stereocenters. The van der Waals surface area contributed by atoms with Crippen LogP contribution in [0, 0.1) is 5.41 Å². The number of ether oxygens (including phenoxy) is 1. The summed E-state index contributed by atoms with van der Waals surface area (Å²) in [7, 11) is 1.63. The summed E-state index contributed by atoms with van der Waals surface area (Å²) in [6, 6.07) is 3.09. The molecule has 2 amide bonds. The molecule has 142 valence electrons. The van der Waals surface area contributed by atoms with Gasteiger partial charge in [0.1, 0.15) is 0 Å². The molecule has 26 heavy (non-hydrogen) atoms. The standard InChI is InChI=1S/C19H27N3O4/c1-3-15-11-14(12-16(23)20-15)17(24)22-8-6-19(13-22)5-4-7-21(18(19)25)9-10-26-2/h11-12H,3-10,13H2,1-2H3,(H,20,23)/t19-/m1/s1. The Kier molecular flexibility index (Phi) is 5.46. The number of likely N-dealkylation sites (tertiary alicyclic amines) is 2. The molecule has 1 N–H and O–H groups in total. The minimum Gasteiger partial charge on any atom is -0.383 e. The number of aryl methyl sites for hydroxylation is 1. The number of hydrogen-bond donors (Lipinski definition) is 1. The number of aromatic nitrogens is 1. The quantitative estimate of drug-likeness (QED) is 0.849. The van der Waals surface area contributed by atoms with E-state index in [-0.39, 0.29) is 17.4 Å². The highest BCUT2D eigenvalue weighted by atomic mass is 16.5. The van der Waals surface area contributed by atoms with Crippen LogP contribution in [-0.2, 0) is 16.0 Å². The van der Waals surface area contributed by atoms with Crippen LogP contribution in [0.2, 0.25) is 0 Å². The van der Waals surface area contributed by atoms with E-state index in [2.05, 4.69) is 4.98 Å². The third kappa shape index (κ3) is 3.53. The van der Waals surface area contributed by atoms with Crippen molar-refractivity contribution < 1.29 is 14.3 Å². The van der Waals surface area contributed by atoms with Crippen LogP contribution in [0.4, 0.5) is 0 Å². The number of rotatable bonds is 5. The maximum Gasteiger partial charge on any atom is 0.254 e. The number of carbonyl (C=O) groups is 2. The molecule has 1 spiro atoms. The average Bonchev–Trinajstić information content (AvgIpc) is 3.07. The van der Waals surface area contributed by atoms with E-state index in [4.69, 9.17) is 4.74 Å². The first-order valence-electron chi connectivity index (χ1n) is 9.30. The number of H-pyrrole nitrogens is 1. The number of aromatic amines is 1. The van der Waals surface area contributed by atoms with Crippen molar-refractivity contribution in [1.82, 2.24) is 14.8 Å². The lowest BCUT2D eigenvalue weighted by Gasteiger charge is -2.39. The highest BCUT2D eigenvalue weighted by molar-refractivity contribution is 5.95. The summed E-state index contributed by atoms with van der Waals surface area (Å²) in [4.78, 5) is 44.0. The fourth-order valence-electron chi connectivity index (χ4n) is 4.09. The van der Waals surface area contributed by atoms with E-state index in [1.54, 1.807) is 18.1 Å². The van der Waals surface area contributed by atoms with Crippen molar-refractivity contribution in [1.29, 1.82) is 0 Å². The number of pyridine rings is 1. The second-order valence-electron chi connectivity index (χ2n) is 7.26. The molecular formula is C19H27N3O4. The van der Waals surface area contributed by atoms with E-state index in [1.807, 2.05) is 11.8 Å². The number of nitrogens with zero attached hydrogens (tertiary/aromatic N) is 2. The number of methoxy groups -OCH3 is 1. The zero-order chi connectivity index (χ0) is 18.7. The minimum absolute atomic E-state index is 0.135. The molecule has 0 radical (unpaired) electrons. The van der Waals surface area contributed by atoms with Gasteiger partial charge in [-0.25, -0.2) is 0 Å². The van der Waals surface area contributed by atoms with E-state index >= 15 is 0 Å². The van der Waals surface area contributed by atoms with Gasteiger partial charge in [-0.15, -0.1) is 0 Å². The Morgan fingerprint density at radius 2 is 2.08 bits per heavy atom. The van der Waals surface area contributed by atoms with Gasteiger partial charge in [0.25, 0.3) is 5.91 Å². The van der Waals surface area contributed by atoms with Gasteiger partial charge in [0.2, 0.25) is 11.5 Å². The summed E-state index contributed by atoms with van der Waals surface area (Å²) in [5.74, 6) is -0.0271. The zero-order valence-electron chi connectivity index (χ0n) is 15.5. The molecule has 2 aliphatic heterocycles. The maximum absolute atomic E-state index is 13.0. The topological polar surface area (TPSA) is 82.7 Å². The van der Waals surface area contributed by atoms with Gasteiger partial charge in [0.05, 0.1) is 12.0 Å². The van der Waals surface area contributed by atoms with E-state index in [1.165, 1.54) is 6.07 Å². The van der Waals surface area contributed by atoms with Crippen LogP contribution in [0.25, 0.3) is 0 Å². The second-order valence-corrected chi connectivity index (χ2v) is 7.26. The summed E-state index contributed by atoms with van der Waals surface area (Å²) < 4.78 is 5.10. The molecule has 2 saturated heterocycles. The SMILES string of the molecule is CCc1cc(C(=O)N2CC[C@]3(CCCN(CCOC)C3=O)C2)cc(=O)[nH]1. The highest BCUT2D eigenvalue weighted by Gasteiger charge is 2.49. The van der Waals surface area contributed by atoms with Crippen molar-refractivity contribution in [3.63, 3.8) is 0 Å². The monoisotopic (exact) mass is 361 g/mol. The van der Waals surface area contributed by atoms with Crippen LogP contribution >= 0.6 is 0 Å². The molecule has 1 atom stereocenters. The number of piperidine rings is 1. The van der Waals surface area contributed by atoms with E-state index in [0.29, 0.717) is 44.6 Å². The maximum atomic E-state index is 13.0. The average molecular weight is 361 g/mol. The van der Waals surface area contributed by atoms with Crippen LogP contribution < -0.4 is 5.56 Å². The Hall–Kier alpha value is -2.15. The Labute approximate surface area is 153 Å². The molecule has 0 aromatic carbocycles. The molecule has 0 aliphatic carbocycles. The lowest BCUT2D eigenvalue weighted by molar-refractivity contribution is -0.146. The molecular weight excluding hydrogens is 334 g/mol. The minimum atomic E-state index is -0.476. The van der Waals surface area contributed by atoms with Crippen molar-refractivity contribution in [2.45, 2.75) is 32.6 Å². The third-order valence-corrected chi connectivity index (χ3v) is 5.56. The molecule has 7 heteroatoms. The molecule has 0 saturated carbocycles. The van der Waals surface area contributed by atoms with Gasteiger partial charge in [0, 0.05) is 50.6 Å². The van der Waals surface area contributed by atoms with Crippen LogP contribution in [0.1, 0.15) is 42.2 Å². The normalized spacial score (nSPS) is 23.1. The first-order valence-corrected chi connectivity index (χ1v) is 9.30. The third-order valence-electron chi connectivity index (χ3n) is 5.56. The van der Waals surface area contributed by atoms with E-state index in [9.17, 15) is 14.4 Å². The Morgan fingerprint density at radius 3 is 2.81 bits per heavy atom. The number of amides is 2. The molecule has 2 aliphatic rings. The van der Waals surface area contributed by atoms with Crippen molar-refractivity contribution >= 4 is 11.8 Å². The number of carbonyl (C=O) groups excluding carboxylic acids is 2. The first-order chi connectivity index (χ1) is 12.5. The Balaban J connectivity index is 1.75. The van der Waals surface area contributed by atoms with Crippen LogP contribution in [0.15, 0.2) is 16.9 Å². The molecule has 2 fully saturated rings. The molecule has 3 rings (SSSR count). The zero-order valence-corrected chi connectivity index (χ0v) is 15.5.